The van der Waals surface area contributed by atoms with Crippen LogP contribution >= 0.6 is 11.8 Å². The highest BCUT2D eigenvalue weighted by Gasteiger charge is 2.29. The Balaban J connectivity index is 2.76. The number of benzene rings is 1. The third-order valence-electron chi connectivity index (χ3n) is 1.73. The van der Waals surface area contributed by atoms with Gasteiger partial charge in [0.2, 0.25) is 0 Å². The smallest absolute Gasteiger partial charge is 0.446 e. The van der Waals surface area contributed by atoms with E-state index in [0.29, 0.717) is 5.56 Å². The summed E-state index contributed by atoms with van der Waals surface area (Å²) in [5, 5.41) is 8.40. The number of ether oxygens (including phenoxy) is 1. The van der Waals surface area contributed by atoms with E-state index in [2.05, 4.69) is 0 Å². The van der Waals surface area contributed by atoms with Gasteiger partial charge >= 0.3 is 11.5 Å². The van der Waals surface area contributed by atoms with Crippen molar-refractivity contribution in [3.8, 4) is 5.75 Å². The average Bonchev–Trinajstić information content (AvgIpc) is 2.13. The first-order valence-electron chi connectivity index (χ1n) is 4.49. The summed E-state index contributed by atoms with van der Waals surface area (Å²) in [4.78, 5) is 10.3. The average molecular weight is 266 g/mol. The molecular formula is C10H9F3O3S. The van der Waals surface area contributed by atoms with Gasteiger partial charge in [-0.05, 0) is 42.4 Å². The molecule has 0 radical (unpaired) electrons. The van der Waals surface area contributed by atoms with Crippen LogP contribution in [0, 0.1) is 6.92 Å². The first kappa shape index (κ1) is 13.7. The molecule has 0 spiro atoms. The Kier molecular flexibility index (Phi) is 4.28. The lowest BCUT2D eigenvalue weighted by molar-refractivity contribution is -0.139. The van der Waals surface area contributed by atoms with Gasteiger partial charge in [0.15, 0.2) is 6.61 Å². The number of hydrogen-bond acceptors (Lipinski definition) is 3. The van der Waals surface area contributed by atoms with Crippen LogP contribution in [0.5, 0.6) is 5.75 Å². The molecule has 0 aromatic heterocycles. The summed E-state index contributed by atoms with van der Waals surface area (Å²) in [7, 11) is 0. The molecule has 3 nitrogen and oxygen atoms in total. The molecule has 0 bridgehead atoms. The molecule has 17 heavy (non-hydrogen) atoms. The van der Waals surface area contributed by atoms with Gasteiger partial charge in [0.25, 0.3) is 0 Å². The standard InChI is InChI=1S/C10H9F3O3S/c1-6-4-7(17-10(11,12)13)2-3-8(6)16-5-9(14)15/h2-4H,5H2,1H3,(H,14,15). The van der Waals surface area contributed by atoms with Crippen molar-refractivity contribution in [2.45, 2.75) is 17.3 Å². The molecule has 0 amide bonds. The number of halogens is 3. The first-order chi connectivity index (χ1) is 7.78. The third-order valence-corrected chi connectivity index (χ3v) is 2.45. The number of alkyl halides is 3. The zero-order chi connectivity index (χ0) is 13.1. The van der Waals surface area contributed by atoms with Gasteiger partial charge in [0.1, 0.15) is 5.75 Å². The maximum absolute atomic E-state index is 12.1. The number of rotatable bonds is 4. The van der Waals surface area contributed by atoms with E-state index in [9.17, 15) is 18.0 Å². The Morgan fingerprint density at radius 3 is 2.59 bits per heavy atom. The van der Waals surface area contributed by atoms with E-state index in [4.69, 9.17) is 9.84 Å². The van der Waals surface area contributed by atoms with Crippen LogP contribution < -0.4 is 4.74 Å². The largest absolute Gasteiger partial charge is 0.482 e. The molecule has 0 heterocycles. The van der Waals surface area contributed by atoms with E-state index in [1.807, 2.05) is 0 Å². The maximum atomic E-state index is 12.1. The number of carboxylic acids is 1. The van der Waals surface area contributed by atoms with Gasteiger partial charge < -0.3 is 9.84 Å². The monoisotopic (exact) mass is 266 g/mol. The molecule has 0 saturated carbocycles. The van der Waals surface area contributed by atoms with Crippen LogP contribution in [-0.2, 0) is 4.79 Å². The van der Waals surface area contributed by atoms with E-state index in [-0.39, 0.29) is 22.4 Å². The summed E-state index contributed by atoms with van der Waals surface area (Å²) in [6, 6.07) is 3.87. The molecule has 1 rings (SSSR count). The van der Waals surface area contributed by atoms with Crippen molar-refractivity contribution in [2.75, 3.05) is 6.61 Å². The van der Waals surface area contributed by atoms with Crippen molar-refractivity contribution in [2.24, 2.45) is 0 Å². The van der Waals surface area contributed by atoms with Crippen LogP contribution in [0.1, 0.15) is 5.56 Å². The van der Waals surface area contributed by atoms with Crippen LogP contribution in [0.4, 0.5) is 13.2 Å². The van der Waals surface area contributed by atoms with Gasteiger partial charge in [-0.15, -0.1) is 0 Å². The minimum atomic E-state index is -4.34. The van der Waals surface area contributed by atoms with Gasteiger partial charge in [0.05, 0.1) is 0 Å². The van der Waals surface area contributed by atoms with Crippen molar-refractivity contribution in [3.63, 3.8) is 0 Å². The maximum Gasteiger partial charge on any atom is 0.446 e. The summed E-state index contributed by atoms with van der Waals surface area (Å²) in [5.74, 6) is -0.878. The highest BCUT2D eigenvalue weighted by molar-refractivity contribution is 8.00. The fourth-order valence-corrected chi connectivity index (χ4v) is 1.76. The van der Waals surface area contributed by atoms with E-state index in [1.165, 1.54) is 18.2 Å². The van der Waals surface area contributed by atoms with Gasteiger partial charge in [-0.25, -0.2) is 4.79 Å². The van der Waals surface area contributed by atoms with Crippen molar-refractivity contribution in [1.29, 1.82) is 0 Å². The Morgan fingerprint density at radius 2 is 2.12 bits per heavy atom. The quantitative estimate of drug-likeness (QED) is 0.851. The number of aryl methyl sites for hydroxylation is 1. The van der Waals surface area contributed by atoms with Crippen molar-refractivity contribution >= 4 is 17.7 Å². The van der Waals surface area contributed by atoms with Crippen molar-refractivity contribution in [1.82, 2.24) is 0 Å². The molecule has 94 valence electrons. The van der Waals surface area contributed by atoms with Crippen molar-refractivity contribution < 1.29 is 27.8 Å². The molecule has 1 N–H and O–H groups in total. The fraction of sp³-hybridized carbons (Fsp3) is 0.300. The molecule has 0 saturated heterocycles. The van der Waals surface area contributed by atoms with Gasteiger partial charge in [-0.2, -0.15) is 13.2 Å². The number of hydrogen-bond donors (Lipinski definition) is 1. The van der Waals surface area contributed by atoms with Crippen LogP contribution in [-0.4, -0.2) is 23.2 Å². The second-order valence-corrected chi connectivity index (χ2v) is 4.30. The second-order valence-electron chi connectivity index (χ2n) is 3.16. The Bertz CT molecular complexity index is 418. The van der Waals surface area contributed by atoms with Gasteiger partial charge in [-0.3, -0.25) is 0 Å². The normalized spacial score (nSPS) is 11.3. The molecule has 0 fully saturated rings. The Morgan fingerprint density at radius 1 is 1.47 bits per heavy atom. The lowest BCUT2D eigenvalue weighted by atomic mass is 10.2. The molecule has 1 aromatic carbocycles. The summed E-state index contributed by atoms with van der Waals surface area (Å²) >= 11 is -0.224. The Hall–Kier alpha value is -1.37. The molecule has 0 unspecified atom stereocenters. The fourth-order valence-electron chi connectivity index (χ4n) is 1.12. The van der Waals surface area contributed by atoms with Crippen LogP contribution in [0.3, 0.4) is 0 Å². The van der Waals surface area contributed by atoms with Crippen molar-refractivity contribution in [3.05, 3.63) is 23.8 Å². The van der Waals surface area contributed by atoms with Crippen LogP contribution in [0.15, 0.2) is 23.1 Å². The topological polar surface area (TPSA) is 46.5 Å². The number of carbonyl (C=O) groups is 1. The SMILES string of the molecule is Cc1cc(SC(F)(F)F)ccc1OCC(=O)O. The summed E-state index contributed by atoms with van der Waals surface area (Å²) in [5.41, 5.74) is -3.88. The molecule has 0 atom stereocenters. The third kappa shape index (κ3) is 4.99. The van der Waals surface area contributed by atoms with E-state index >= 15 is 0 Å². The number of carboxylic acid groups (broad SMARTS) is 1. The van der Waals surface area contributed by atoms with Crippen LogP contribution in [0.2, 0.25) is 0 Å². The molecule has 7 heteroatoms. The molecule has 0 aliphatic rings. The molecule has 0 aliphatic heterocycles. The summed E-state index contributed by atoms with van der Waals surface area (Å²) in [6.07, 6.45) is 0. The lowest BCUT2D eigenvalue weighted by Gasteiger charge is -2.10. The van der Waals surface area contributed by atoms with E-state index in [0.717, 1.165) is 0 Å². The second kappa shape index (κ2) is 5.31. The van der Waals surface area contributed by atoms with Gasteiger partial charge in [0, 0.05) is 4.90 Å². The minimum Gasteiger partial charge on any atom is -0.482 e. The predicted octanol–water partition coefficient (Wildman–Crippen LogP) is 3.07. The summed E-state index contributed by atoms with van der Waals surface area (Å²) in [6.45, 7) is 1.03. The molecular weight excluding hydrogens is 257 g/mol. The predicted molar refractivity (Wildman–Crippen MR) is 56.2 cm³/mol. The van der Waals surface area contributed by atoms with Gasteiger partial charge in [-0.1, -0.05) is 0 Å². The highest BCUT2D eigenvalue weighted by Crippen LogP contribution is 2.38. The minimum absolute atomic E-state index is 0.0395. The highest BCUT2D eigenvalue weighted by atomic mass is 32.2. The number of thioether (sulfide) groups is 1. The van der Waals surface area contributed by atoms with E-state index in [1.54, 1.807) is 6.92 Å². The molecule has 0 aliphatic carbocycles. The zero-order valence-corrected chi connectivity index (χ0v) is 9.56. The van der Waals surface area contributed by atoms with Crippen LogP contribution in [0.25, 0.3) is 0 Å². The number of aliphatic carboxylic acids is 1. The lowest BCUT2D eigenvalue weighted by Crippen LogP contribution is -2.10. The van der Waals surface area contributed by atoms with E-state index < -0.39 is 18.1 Å². The molecule has 1 aromatic rings. The zero-order valence-electron chi connectivity index (χ0n) is 8.75. The Labute approximate surface area is 99.6 Å². The first-order valence-corrected chi connectivity index (χ1v) is 5.30. The summed E-state index contributed by atoms with van der Waals surface area (Å²) < 4.78 is 41.1.